The molecule has 0 heterocycles. The molecule has 0 saturated heterocycles. The van der Waals surface area contributed by atoms with Crippen LogP contribution in [0.4, 0.5) is 0 Å². The molecule has 0 saturated carbocycles. The Morgan fingerprint density at radius 3 is 2.38 bits per heavy atom. The van der Waals surface area contributed by atoms with Crippen molar-refractivity contribution < 1.29 is 10.2 Å². The maximum atomic E-state index is 9.24. The summed E-state index contributed by atoms with van der Waals surface area (Å²) < 4.78 is 0. The van der Waals surface area contributed by atoms with Crippen molar-refractivity contribution in [3.05, 3.63) is 29.8 Å². The van der Waals surface area contributed by atoms with Crippen LogP contribution in [0.3, 0.4) is 0 Å². The summed E-state index contributed by atoms with van der Waals surface area (Å²) in [5.74, 6) is 0.716. The first-order chi connectivity index (χ1) is 6.24. The second-order valence-corrected chi connectivity index (χ2v) is 3.99. The summed E-state index contributed by atoms with van der Waals surface area (Å²) in [5.41, 5.74) is 0.924. The molecule has 0 aliphatic rings. The molecule has 0 spiro atoms. The van der Waals surface area contributed by atoms with E-state index in [-0.39, 0.29) is 6.61 Å². The number of benzene rings is 1. The van der Waals surface area contributed by atoms with Gasteiger partial charge in [0.25, 0.3) is 0 Å². The standard InChI is InChI=1S/C10H14O2S/c1-8(12)9-2-4-10(5-3-9)13-7-6-11/h2-5,8,11-12H,6-7H2,1H3/t8-/m1/s1. The third-order valence-corrected chi connectivity index (χ3v) is 2.71. The van der Waals surface area contributed by atoms with Crippen LogP contribution in [0, 0.1) is 0 Å². The maximum absolute atomic E-state index is 9.24. The first-order valence-corrected chi connectivity index (χ1v) is 5.24. The highest BCUT2D eigenvalue weighted by molar-refractivity contribution is 7.99. The summed E-state index contributed by atoms with van der Waals surface area (Å²) in [6.07, 6.45) is -0.406. The molecule has 72 valence electrons. The molecule has 0 amide bonds. The second-order valence-electron chi connectivity index (χ2n) is 2.82. The van der Waals surface area contributed by atoms with E-state index in [1.807, 2.05) is 24.3 Å². The van der Waals surface area contributed by atoms with Gasteiger partial charge in [0, 0.05) is 10.6 Å². The van der Waals surface area contributed by atoms with Crippen LogP contribution in [-0.2, 0) is 0 Å². The van der Waals surface area contributed by atoms with Crippen LogP contribution < -0.4 is 0 Å². The molecule has 1 aromatic carbocycles. The summed E-state index contributed by atoms with van der Waals surface area (Å²) >= 11 is 1.61. The number of thioether (sulfide) groups is 1. The van der Waals surface area contributed by atoms with Gasteiger partial charge in [-0.2, -0.15) is 0 Å². The van der Waals surface area contributed by atoms with Crippen molar-refractivity contribution in [3.8, 4) is 0 Å². The lowest BCUT2D eigenvalue weighted by molar-refractivity contribution is 0.199. The first-order valence-electron chi connectivity index (χ1n) is 4.25. The first kappa shape index (κ1) is 10.6. The van der Waals surface area contributed by atoms with Crippen LogP contribution in [-0.4, -0.2) is 22.6 Å². The van der Waals surface area contributed by atoms with Crippen LogP contribution in [0.25, 0.3) is 0 Å². The van der Waals surface area contributed by atoms with Gasteiger partial charge in [-0.1, -0.05) is 12.1 Å². The highest BCUT2D eigenvalue weighted by atomic mass is 32.2. The molecule has 1 aromatic rings. The van der Waals surface area contributed by atoms with Gasteiger partial charge in [0.15, 0.2) is 0 Å². The summed E-state index contributed by atoms with van der Waals surface area (Å²) in [5, 5.41) is 17.9. The summed E-state index contributed by atoms with van der Waals surface area (Å²) in [6, 6.07) is 7.74. The third kappa shape index (κ3) is 3.38. The molecule has 2 nitrogen and oxygen atoms in total. The van der Waals surface area contributed by atoms with Crippen LogP contribution in [0.1, 0.15) is 18.6 Å². The maximum Gasteiger partial charge on any atom is 0.0761 e. The summed E-state index contributed by atoms with van der Waals surface area (Å²) in [4.78, 5) is 1.12. The highest BCUT2D eigenvalue weighted by Crippen LogP contribution is 2.20. The smallest absolute Gasteiger partial charge is 0.0761 e. The van der Waals surface area contributed by atoms with E-state index >= 15 is 0 Å². The van der Waals surface area contributed by atoms with Gasteiger partial charge in [0.1, 0.15) is 0 Å². The molecule has 0 bridgehead atoms. The van der Waals surface area contributed by atoms with Crippen LogP contribution in [0.15, 0.2) is 29.2 Å². The Morgan fingerprint density at radius 1 is 1.31 bits per heavy atom. The van der Waals surface area contributed by atoms with Crippen molar-refractivity contribution in [2.45, 2.75) is 17.9 Å². The SMILES string of the molecule is C[C@@H](O)c1ccc(SCCO)cc1. The molecule has 0 radical (unpaired) electrons. The van der Waals surface area contributed by atoms with E-state index < -0.39 is 6.10 Å². The molecule has 1 atom stereocenters. The van der Waals surface area contributed by atoms with Crippen LogP contribution >= 0.6 is 11.8 Å². The molecule has 0 fully saturated rings. The molecular formula is C10H14O2S. The predicted molar refractivity (Wildman–Crippen MR) is 54.9 cm³/mol. The average Bonchev–Trinajstić information content (AvgIpc) is 2.15. The Labute approximate surface area is 82.6 Å². The van der Waals surface area contributed by atoms with E-state index in [2.05, 4.69) is 0 Å². The highest BCUT2D eigenvalue weighted by Gasteiger charge is 1.99. The van der Waals surface area contributed by atoms with E-state index in [9.17, 15) is 5.11 Å². The topological polar surface area (TPSA) is 40.5 Å². The number of hydrogen-bond acceptors (Lipinski definition) is 3. The van der Waals surface area contributed by atoms with E-state index in [4.69, 9.17) is 5.11 Å². The molecule has 3 heteroatoms. The molecule has 13 heavy (non-hydrogen) atoms. The lowest BCUT2D eigenvalue weighted by Crippen LogP contribution is -1.90. The minimum Gasteiger partial charge on any atom is -0.396 e. The fraction of sp³-hybridized carbons (Fsp3) is 0.400. The van der Waals surface area contributed by atoms with Gasteiger partial charge in [-0.25, -0.2) is 0 Å². The zero-order chi connectivity index (χ0) is 9.68. The van der Waals surface area contributed by atoms with Crippen LogP contribution in [0.2, 0.25) is 0 Å². The minimum atomic E-state index is -0.406. The zero-order valence-electron chi connectivity index (χ0n) is 7.60. The lowest BCUT2D eigenvalue weighted by Gasteiger charge is -2.05. The molecule has 0 aliphatic heterocycles. The second kappa shape index (κ2) is 5.27. The normalized spacial score (nSPS) is 12.8. The van der Waals surface area contributed by atoms with E-state index in [1.54, 1.807) is 18.7 Å². The van der Waals surface area contributed by atoms with Crippen LogP contribution in [0.5, 0.6) is 0 Å². The predicted octanol–water partition coefficient (Wildman–Crippen LogP) is 1.82. The lowest BCUT2D eigenvalue weighted by atomic mass is 10.1. The number of hydrogen-bond donors (Lipinski definition) is 2. The van der Waals surface area contributed by atoms with Crippen molar-refractivity contribution in [2.75, 3.05) is 12.4 Å². The van der Waals surface area contributed by atoms with Crippen molar-refractivity contribution in [2.24, 2.45) is 0 Å². The van der Waals surface area contributed by atoms with Gasteiger partial charge < -0.3 is 10.2 Å². The zero-order valence-corrected chi connectivity index (χ0v) is 8.42. The Kier molecular flexibility index (Phi) is 4.28. The number of rotatable bonds is 4. The van der Waals surface area contributed by atoms with E-state index in [0.717, 1.165) is 10.5 Å². The van der Waals surface area contributed by atoms with Gasteiger partial charge >= 0.3 is 0 Å². The van der Waals surface area contributed by atoms with Gasteiger partial charge in [0.2, 0.25) is 0 Å². The minimum absolute atomic E-state index is 0.197. The van der Waals surface area contributed by atoms with Crippen molar-refractivity contribution in [1.29, 1.82) is 0 Å². The fourth-order valence-corrected chi connectivity index (χ4v) is 1.66. The molecule has 1 rings (SSSR count). The van der Waals surface area contributed by atoms with Gasteiger partial charge in [0.05, 0.1) is 12.7 Å². The Bertz CT molecular complexity index is 244. The Hall–Kier alpha value is -0.510. The van der Waals surface area contributed by atoms with Crippen molar-refractivity contribution in [1.82, 2.24) is 0 Å². The van der Waals surface area contributed by atoms with Gasteiger partial charge in [-0.15, -0.1) is 11.8 Å². The van der Waals surface area contributed by atoms with E-state index in [1.165, 1.54) is 0 Å². The number of aliphatic hydroxyl groups is 2. The fourth-order valence-electron chi connectivity index (χ4n) is 1.01. The van der Waals surface area contributed by atoms with Crippen molar-refractivity contribution >= 4 is 11.8 Å². The molecule has 2 N–H and O–H groups in total. The Morgan fingerprint density at radius 2 is 1.92 bits per heavy atom. The molecule has 0 aromatic heterocycles. The summed E-state index contributed by atoms with van der Waals surface area (Å²) in [7, 11) is 0. The Balaban J connectivity index is 2.59. The van der Waals surface area contributed by atoms with Crippen molar-refractivity contribution in [3.63, 3.8) is 0 Å². The monoisotopic (exact) mass is 198 g/mol. The summed E-state index contributed by atoms with van der Waals surface area (Å²) in [6.45, 7) is 1.94. The average molecular weight is 198 g/mol. The molecule has 0 aliphatic carbocycles. The number of aliphatic hydroxyl groups excluding tert-OH is 2. The van der Waals surface area contributed by atoms with E-state index in [0.29, 0.717) is 5.75 Å². The molecule has 0 unspecified atom stereocenters. The quantitative estimate of drug-likeness (QED) is 0.725. The molecular weight excluding hydrogens is 184 g/mol. The van der Waals surface area contributed by atoms with Gasteiger partial charge in [-0.05, 0) is 24.6 Å². The largest absolute Gasteiger partial charge is 0.396 e. The third-order valence-electron chi connectivity index (χ3n) is 1.72. The van der Waals surface area contributed by atoms with Gasteiger partial charge in [-0.3, -0.25) is 0 Å².